The van der Waals surface area contributed by atoms with Gasteiger partial charge in [0.1, 0.15) is 0 Å². The summed E-state index contributed by atoms with van der Waals surface area (Å²) in [7, 11) is 0. The lowest BCUT2D eigenvalue weighted by Crippen LogP contribution is -2.54. The van der Waals surface area contributed by atoms with Crippen molar-refractivity contribution in [2.24, 2.45) is 0 Å². The number of nitrogens with zero attached hydrogens (tertiary/aromatic N) is 2. The third kappa shape index (κ3) is 4.96. The minimum Gasteiger partial charge on any atom is -0.450 e. The molecule has 6 nitrogen and oxygen atoms in total. The molecule has 1 heterocycles. The van der Waals surface area contributed by atoms with Crippen molar-refractivity contribution >= 4 is 12.0 Å². The molecule has 1 unspecified atom stereocenters. The topological polar surface area (TPSA) is 61.9 Å². The van der Waals surface area contributed by atoms with Gasteiger partial charge in [0.2, 0.25) is 5.91 Å². The zero-order valence-electron chi connectivity index (χ0n) is 13.8. The summed E-state index contributed by atoms with van der Waals surface area (Å²) in [6, 6.07) is 9.64. The molecule has 2 amide bonds. The monoisotopic (exact) mass is 319 g/mol. The summed E-state index contributed by atoms with van der Waals surface area (Å²) < 4.78 is 5.00. The number of rotatable bonds is 5. The van der Waals surface area contributed by atoms with E-state index in [0.717, 1.165) is 5.56 Å². The first kappa shape index (κ1) is 17.3. The minimum atomic E-state index is -0.270. The smallest absolute Gasteiger partial charge is 0.409 e. The zero-order chi connectivity index (χ0) is 16.7. The third-order valence-corrected chi connectivity index (χ3v) is 4.08. The molecule has 0 bridgehead atoms. The first-order valence-electron chi connectivity index (χ1n) is 8.09. The van der Waals surface area contributed by atoms with Crippen LogP contribution in [0.2, 0.25) is 0 Å². The molecule has 0 aromatic heterocycles. The highest BCUT2D eigenvalue weighted by Gasteiger charge is 2.27. The summed E-state index contributed by atoms with van der Waals surface area (Å²) in [4.78, 5) is 27.7. The van der Waals surface area contributed by atoms with Gasteiger partial charge in [-0.15, -0.1) is 0 Å². The first-order chi connectivity index (χ1) is 11.1. The maximum absolute atomic E-state index is 12.3. The van der Waals surface area contributed by atoms with E-state index >= 15 is 0 Å². The molecule has 1 N–H and O–H groups in total. The molecule has 0 saturated carbocycles. The van der Waals surface area contributed by atoms with Crippen molar-refractivity contribution in [1.29, 1.82) is 0 Å². The van der Waals surface area contributed by atoms with Crippen LogP contribution in [-0.4, -0.2) is 60.6 Å². The molecule has 126 valence electrons. The van der Waals surface area contributed by atoms with Crippen molar-refractivity contribution < 1.29 is 14.3 Å². The number of piperazine rings is 1. The van der Waals surface area contributed by atoms with Crippen LogP contribution in [0.15, 0.2) is 30.3 Å². The van der Waals surface area contributed by atoms with Crippen LogP contribution in [0.4, 0.5) is 4.79 Å². The number of benzene rings is 1. The normalized spacial score (nSPS) is 16.7. The van der Waals surface area contributed by atoms with Crippen molar-refractivity contribution in [2.45, 2.75) is 26.4 Å². The van der Waals surface area contributed by atoms with E-state index in [1.807, 2.05) is 37.3 Å². The van der Waals surface area contributed by atoms with E-state index in [1.165, 1.54) is 0 Å². The summed E-state index contributed by atoms with van der Waals surface area (Å²) in [5.41, 5.74) is 1.08. The molecule has 0 radical (unpaired) electrons. The molecule has 2 rings (SSSR count). The van der Waals surface area contributed by atoms with Gasteiger partial charge in [0.05, 0.1) is 12.6 Å². The summed E-state index contributed by atoms with van der Waals surface area (Å²) in [5.74, 6) is 0.0124. The van der Waals surface area contributed by atoms with Gasteiger partial charge in [-0.25, -0.2) is 4.79 Å². The van der Waals surface area contributed by atoms with E-state index in [1.54, 1.807) is 11.8 Å². The average Bonchev–Trinajstić information content (AvgIpc) is 2.60. The molecule has 1 aliphatic heterocycles. The van der Waals surface area contributed by atoms with E-state index < -0.39 is 0 Å². The first-order valence-corrected chi connectivity index (χ1v) is 8.09. The van der Waals surface area contributed by atoms with Gasteiger partial charge in [0, 0.05) is 32.7 Å². The van der Waals surface area contributed by atoms with Crippen LogP contribution in [0, 0.1) is 0 Å². The third-order valence-electron chi connectivity index (χ3n) is 4.08. The summed E-state index contributed by atoms with van der Waals surface area (Å²) in [6.45, 7) is 7.17. The Morgan fingerprint density at radius 3 is 2.43 bits per heavy atom. The van der Waals surface area contributed by atoms with Crippen LogP contribution in [0.5, 0.6) is 0 Å². The Morgan fingerprint density at radius 2 is 1.83 bits per heavy atom. The number of hydrogen-bond donors (Lipinski definition) is 1. The Morgan fingerprint density at radius 1 is 1.17 bits per heavy atom. The van der Waals surface area contributed by atoms with Crippen molar-refractivity contribution in [3.05, 3.63) is 35.9 Å². The van der Waals surface area contributed by atoms with Gasteiger partial charge in [0.15, 0.2) is 0 Å². The summed E-state index contributed by atoms with van der Waals surface area (Å²) in [5, 5.41) is 2.96. The van der Waals surface area contributed by atoms with E-state index in [0.29, 0.717) is 39.3 Å². The van der Waals surface area contributed by atoms with Gasteiger partial charge >= 0.3 is 6.09 Å². The number of carbonyl (C=O) groups is 2. The Bertz CT molecular complexity index is 513. The maximum atomic E-state index is 12.3. The highest BCUT2D eigenvalue weighted by molar-refractivity contribution is 5.81. The molecule has 1 aliphatic rings. The standard InChI is InChI=1S/C17H25N3O3/c1-3-23-17(22)20-11-9-19(10-12-20)14(2)16(21)18-13-15-7-5-4-6-8-15/h4-8,14H,3,9-13H2,1-2H3,(H,18,21). The summed E-state index contributed by atoms with van der Waals surface area (Å²) >= 11 is 0. The molecule has 0 spiro atoms. The molecule has 1 fully saturated rings. The lowest BCUT2D eigenvalue weighted by atomic mass is 10.2. The predicted octanol–water partition coefficient (Wildman–Crippen LogP) is 1.47. The molecular formula is C17H25N3O3. The number of amides is 2. The van der Waals surface area contributed by atoms with Crippen LogP contribution in [0.3, 0.4) is 0 Å². The second-order valence-corrected chi connectivity index (χ2v) is 5.60. The second-order valence-electron chi connectivity index (χ2n) is 5.60. The lowest BCUT2D eigenvalue weighted by Gasteiger charge is -2.36. The number of nitrogens with one attached hydrogen (secondary N) is 1. The molecular weight excluding hydrogens is 294 g/mol. The summed E-state index contributed by atoms with van der Waals surface area (Å²) in [6.07, 6.45) is -0.270. The largest absolute Gasteiger partial charge is 0.450 e. The van der Waals surface area contributed by atoms with Crippen LogP contribution in [0.25, 0.3) is 0 Å². The maximum Gasteiger partial charge on any atom is 0.409 e. The molecule has 23 heavy (non-hydrogen) atoms. The fraction of sp³-hybridized carbons (Fsp3) is 0.529. The van der Waals surface area contributed by atoms with E-state index in [-0.39, 0.29) is 18.0 Å². The number of carbonyl (C=O) groups excluding carboxylic acids is 2. The molecule has 1 aromatic rings. The Hall–Kier alpha value is -2.08. The van der Waals surface area contributed by atoms with Crippen LogP contribution >= 0.6 is 0 Å². The quantitative estimate of drug-likeness (QED) is 0.893. The predicted molar refractivity (Wildman–Crippen MR) is 87.9 cm³/mol. The van der Waals surface area contributed by atoms with Crippen molar-refractivity contribution in [2.75, 3.05) is 32.8 Å². The fourth-order valence-electron chi connectivity index (χ4n) is 2.61. The molecule has 1 saturated heterocycles. The van der Waals surface area contributed by atoms with E-state index in [2.05, 4.69) is 10.2 Å². The highest BCUT2D eigenvalue weighted by atomic mass is 16.6. The fourth-order valence-corrected chi connectivity index (χ4v) is 2.61. The Labute approximate surface area is 137 Å². The van der Waals surface area contributed by atoms with Gasteiger partial charge in [-0.3, -0.25) is 9.69 Å². The molecule has 6 heteroatoms. The van der Waals surface area contributed by atoms with Gasteiger partial charge < -0.3 is 15.0 Å². The van der Waals surface area contributed by atoms with Crippen LogP contribution < -0.4 is 5.32 Å². The number of hydrogen-bond acceptors (Lipinski definition) is 4. The van der Waals surface area contributed by atoms with Crippen LogP contribution in [-0.2, 0) is 16.1 Å². The Balaban J connectivity index is 1.76. The number of ether oxygens (including phenoxy) is 1. The minimum absolute atomic E-state index is 0.0124. The van der Waals surface area contributed by atoms with Gasteiger partial charge in [0.25, 0.3) is 0 Å². The second kappa shape index (κ2) is 8.53. The van der Waals surface area contributed by atoms with Gasteiger partial charge in [-0.2, -0.15) is 0 Å². The zero-order valence-corrected chi connectivity index (χ0v) is 13.8. The van der Waals surface area contributed by atoms with Crippen LogP contribution in [0.1, 0.15) is 19.4 Å². The van der Waals surface area contributed by atoms with Crippen molar-refractivity contribution in [1.82, 2.24) is 15.1 Å². The average molecular weight is 319 g/mol. The lowest BCUT2D eigenvalue weighted by molar-refractivity contribution is -0.126. The van der Waals surface area contributed by atoms with Gasteiger partial charge in [-0.05, 0) is 19.4 Å². The van der Waals surface area contributed by atoms with Gasteiger partial charge in [-0.1, -0.05) is 30.3 Å². The Kier molecular flexibility index (Phi) is 6.40. The SMILES string of the molecule is CCOC(=O)N1CCN(C(C)C(=O)NCc2ccccc2)CC1. The molecule has 0 aliphatic carbocycles. The van der Waals surface area contributed by atoms with E-state index in [9.17, 15) is 9.59 Å². The molecule has 1 atom stereocenters. The highest BCUT2D eigenvalue weighted by Crippen LogP contribution is 2.08. The van der Waals surface area contributed by atoms with E-state index in [4.69, 9.17) is 4.74 Å². The van der Waals surface area contributed by atoms with Crippen molar-refractivity contribution in [3.8, 4) is 0 Å². The molecule has 1 aromatic carbocycles. The van der Waals surface area contributed by atoms with Crippen molar-refractivity contribution in [3.63, 3.8) is 0 Å².